The van der Waals surface area contributed by atoms with Crippen molar-refractivity contribution in [3.63, 3.8) is 0 Å². The Hall–Kier alpha value is -3.00. The number of rotatable bonds is 4. The second-order valence-electron chi connectivity index (χ2n) is 8.33. The van der Waals surface area contributed by atoms with Gasteiger partial charge >= 0.3 is 0 Å². The molecule has 2 aliphatic rings. The maximum absolute atomic E-state index is 13.8. The molecule has 5 rings (SSSR count). The largest absolute Gasteiger partial charge is 0.480 e. The highest BCUT2D eigenvalue weighted by atomic mass is 16.5. The van der Waals surface area contributed by atoms with E-state index in [0.29, 0.717) is 37.8 Å². The van der Waals surface area contributed by atoms with Gasteiger partial charge in [-0.2, -0.15) is 4.52 Å². The van der Waals surface area contributed by atoms with Crippen LogP contribution in [-0.4, -0.2) is 64.0 Å². The number of methoxy groups -OCH3 is 1. The second kappa shape index (κ2) is 8.26. The predicted molar refractivity (Wildman–Crippen MR) is 114 cm³/mol. The molecule has 8 heteroatoms. The van der Waals surface area contributed by atoms with Crippen LogP contribution in [0.1, 0.15) is 43.0 Å². The minimum atomic E-state index is -0.483. The first kappa shape index (κ1) is 19.9. The maximum atomic E-state index is 13.8. The SMILES string of the molecule is COc1ccc2nnc(C3CCN(C(=O)C4(c5ccccc5)CCOCC4)CC3)n2n1. The van der Waals surface area contributed by atoms with Crippen molar-refractivity contribution in [2.45, 2.75) is 37.0 Å². The standard InChI is InChI=1S/C23H27N5O3/c1-30-20-8-7-19-24-25-21(28(19)26-20)17-9-13-27(14-10-17)22(29)23(11-15-31-16-12-23)18-5-3-2-4-6-18/h2-8,17H,9-16H2,1H3. The Labute approximate surface area is 181 Å². The lowest BCUT2D eigenvalue weighted by Crippen LogP contribution is -2.52. The molecule has 162 valence electrons. The van der Waals surface area contributed by atoms with Gasteiger partial charge in [0.15, 0.2) is 11.5 Å². The summed E-state index contributed by atoms with van der Waals surface area (Å²) in [6.07, 6.45) is 3.14. The topological polar surface area (TPSA) is 81.9 Å². The Morgan fingerprint density at radius 3 is 2.52 bits per heavy atom. The van der Waals surface area contributed by atoms with Crippen molar-refractivity contribution in [3.8, 4) is 5.88 Å². The van der Waals surface area contributed by atoms with Crippen LogP contribution >= 0.6 is 0 Å². The van der Waals surface area contributed by atoms with E-state index in [1.807, 2.05) is 29.2 Å². The number of aromatic nitrogens is 4. The van der Waals surface area contributed by atoms with Gasteiger partial charge in [0.05, 0.1) is 12.5 Å². The van der Waals surface area contributed by atoms with E-state index < -0.39 is 5.41 Å². The van der Waals surface area contributed by atoms with E-state index in [1.165, 1.54) is 0 Å². The molecule has 0 saturated carbocycles. The van der Waals surface area contributed by atoms with E-state index in [1.54, 1.807) is 17.7 Å². The van der Waals surface area contributed by atoms with E-state index >= 15 is 0 Å². The fourth-order valence-electron chi connectivity index (χ4n) is 4.90. The zero-order valence-electron chi connectivity index (χ0n) is 17.7. The van der Waals surface area contributed by atoms with E-state index in [4.69, 9.17) is 9.47 Å². The van der Waals surface area contributed by atoms with Crippen LogP contribution in [-0.2, 0) is 14.9 Å². The molecule has 0 unspecified atom stereocenters. The molecule has 0 spiro atoms. The predicted octanol–water partition coefficient (Wildman–Crippen LogP) is 2.59. The first-order chi connectivity index (χ1) is 15.2. The van der Waals surface area contributed by atoms with E-state index in [2.05, 4.69) is 27.4 Å². The lowest BCUT2D eigenvalue weighted by Gasteiger charge is -2.42. The number of likely N-dealkylation sites (tertiary alicyclic amines) is 1. The molecular weight excluding hydrogens is 394 g/mol. The van der Waals surface area contributed by atoms with E-state index in [9.17, 15) is 4.79 Å². The zero-order chi connectivity index (χ0) is 21.3. The van der Waals surface area contributed by atoms with Crippen molar-refractivity contribution in [2.24, 2.45) is 0 Å². The fraction of sp³-hybridized carbons (Fsp3) is 0.478. The van der Waals surface area contributed by atoms with Crippen LogP contribution in [0.2, 0.25) is 0 Å². The van der Waals surface area contributed by atoms with Gasteiger partial charge in [-0.15, -0.1) is 15.3 Å². The minimum absolute atomic E-state index is 0.209. The number of carbonyl (C=O) groups is 1. The lowest BCUT2D eigenvalue weighted by molar-refractivity contribution is -0.142. The van der Waals surface area contributed by atoms with Crippen LogP contribution in [0.15, 0.2) is 42.5 Å². The normalized spacial score (nSPS) is 19.5. The molecule has 0 N–H and O–H groups in total. The Morgan fingerprint density at radius 2 is 1.81 bits per heavy atom. The first-order valence-corrected chi connectivity index (χ1v) is 10.9. The summed E-state index contributed by atoms with van der Waals surface area (Å²) in [5.74, 6) is 1.81. The van der Waals surface area contributed by atoms with Crippen molar-refractivity contribution in [3.05, 3.63) is 53.9 Å². The van der Waals surface area contributed by atoms with Gasteiger partial charge in [-0.25, -0.2) is 0 Å². The molecular formula is C23H27N5O3. The molecule has 0 bridgehead atoms. The van der Waals surface area contributed by atoms with Crippen molar-refractivity contribution in [1.82, 2.24) is 24.7 Å². The van der Waals surface area contributed by atoms with Crippen LogP contribution in [0.3, 0.4) is 0 Å². The van der Waals surface area contributed by atoms with Gasteiger partial charge in [0.1, 0.15) is 0 Å². The summed E-state index contributed by atoms with van der Waals surface area (Å²) in [5, 5.41) is 13.1. The molecule has 3 aromatic rings. The van der Waals surface area contributed by atoms with Crippen molar-refractivity contribution in [2.75, 3.05) is 33.4 Å². The number of piperidine rings is 1. The average molecular weight is 422 g/mol. The number of benzene rings is 1. The number of hydrogen-bond donors (Lipinski definition) is 0. The molecule has 2 aliphatic heterocycles. The van der Waals surface area contributed by atoms with Crippen molar-refractivity contribution >= 4 is 11.6 Å². The summed E-state index contributed by atoms with van der Waals surface area (Å²) in [6.45, 7) is 2.66. The maximum Gasteiger partial charge on any atom is 0.233 e. The first-order valence-electron chi connectivity index (χ1n) is 10.9. The Balaban J connectivity index is 1.35. The van der Waals surface area contributed by atoms with Crippen LogP contribution in [0, 0.1) is 0 Å². The van der Waals surface area contributed by atoms with Crippen molar-refractivity contribution < 1.29 is 14.3 Å². The molecule has 0 aliphatic carbocycles. The highest BCUT2D eigenvalue weighted by Crippen LogP contribution is 2.38. The Morgan fingerprint density at radius 1 is 1.06 bits per heavy atom. The molecule has 0 radical (unpaired) electrons. The molecule has 0 atom stereocenters. The smallest absolute Gasteiger partial charge is 0.233 e. The number of nitrogens with zero attached hydrogens (tertiary/aromatic N) is 5. The summed E-state index contributed by atoms with van der Waals surface area (Å²) >= 11 is 0. The molecule has 2 fully saturated rings. The summed E-state index contributed by atoms with van der Waals surface area (Å²) in [6, 6.07) is 13.8. The summed E-state index contributed by atoms with van der Waals surface area (Å²) in [4.78, 5) is 15.8. The Bertz CT molecular complexity index is 1050. The van der Waals surface area contributed by atoms with Crippen molar-refractivity contribution in [1.29, 1.82) is 0 Å². The minimum Gasteiger partial charge on any atom is -0.480 e. The molecule has 2 aromatic heterocycles. The molecule has 1 aromatic carbocycles. The highest BCUT2D eigenvalue weighted by Gasteiger charge is 2.44. The van der Waals surface area contributed by atoms with Gasteiger partial charge in [0.25, 0.3) is 0 Å². The van der Waals surface area contributed by atoms with Gasteiger partial charge in [-0.3, -0.25) is 4.79 Å². The summed E-state index contributed by atoms with van der Waals surface area (Å²) in [7, 11) is 1.60. The highest BCUT2D eigenvalue weighted by molar-refractivity contribution is 5.88. The molecule has 8 nitrogen and oxygen atoms in total. The van der Waals surface area contributed by atoms with Gasteiger partial charge in [0.2, 0.25) is 11.8 Å². The Kier molecular flexibility index (Phi) is 5.31. The molecule has 2 saturated heterocycles. The van der Waals surface area contributed by atoms with Crippen LogP contribution < -0.4 is 4.74 Å². The zero-order valence-corrected chi connectivity index (χ0v) is 17.7. The van der Waals surface area contributed by atoms with Crippen LogP contribution in [0.4, 0.5) is 0 Å². The van der Waals surface area contributed by atoms with Gasteiger partial charge < -0.3 is 14.4 Å². The molecule has 31 heavy (non-hydrogen) atoms. The third kappa shape index (κ3) is 3.54. The third-order valence-corrected chi connectivity index (χ3v) is 6.70. The number of amides is 1. The second-order valence-corrected chi connectivity index (χ2v) is 8.33. The number of hydrogen-bond acceptors (Lipinski definition) is 6. The van der Waals surface area contributed by atoms with Gasteiger partial charge in [0, 0.05) is 38.3 Å². The van der Waals surface area contributed by atoms with Gasteiger partial charge in [-0.05, 0) is 37.3 Å². The summed E-state index contributed by atoms with van der Waals surface area (Å²) in [5.41, 5.74) is 1.33. The van der Waals surface area contributed by atoms with Crippen LogP contribution in [0.5, 0.6) is 5.88 Å². The number of fused-ring (bicyclic) bond motifs is 1. The number of ether oxygens (including phenoxy) is 2. The fourth-order valence-corrected chi connectivity index (χ4v) is 4.90. The van der Waals surface area contributed by atoms with Crippen LogP contribution in [0.25, 0.3) is 5.65 Å². The van der Waals surface area contributed by atoms with E-state index in [-0.39, 0.29) is 11.8 Å². The molecule has 4 heterocycles. The third-order valence-electron chi connectivity index (χ3n) is 6.70. The quantitative estimate of drug-likeness (QED) is 0.644. The van der Waals surface area contributed by atoms with E-state index in [0.717, 1.165) is 37.1 Å². The number of carbonyl (C=O) groups excluding carboxylic acids is 1. The van der Waals surface area contributed by atoms with Gasteiger partial charge in [-0.1, -0.05) is 30.3 Å². The average Bonchev–Trinajstić information content (AvgIpc) is 3.28. The molecule has 1 amide bonds. The monoisotopic (exact) mass is 421 g/mol. The summed E-state index contributed by atoms with van der Waals surface area (Å²) < 4.78 is 12.6. The lowest BCUT2D eigenvalue weighted by atomic mass is 9.72.